The van der Waals surface area contributed by atoms with Crippen LogP contribution in [-0.2, 0) is 13.1 Å². The summed E-state index contributed by atoms with van der Waals surface area (Å²) in [5.41, 5.74) is 5.66. The molecule has 0 aliphatic carbocycles. The van der Waals surface area contributed by atoms with Gasteiger partial charge in [-0.1, -0.05) is 24.7 Å². The van der Waals surface area contributed by atoms with Crippen molar-refractivity contribution in [2.24, 2.45) is 0 Å². The number of rotatable bonds is 9. The highest BCUT2D eigenvalue weighted by molar-refractivity contribution is 7.13. The Morgan fingerprint density at radius 1 is 1.25 bits per heavy atom. The van der Waals surface area contributed by atoms with Gasteiger partial charge in [0.25, 0.3) is 11.5 Å². The quantitative estimate of drug-likeness (QED) is 0.444. The SMILES string of the molecule is CCCCn1c(N)c(N(CC)Cc2nnc(C(=O)Nc3ccc(F)cc3)s2)c(=O)[nH]c1=O. The number of hydrogen-bond acceptors (Lipinski definition) is 8. The lowest BCUT2D eigenvalue weighted by molar-refractivity contribution is 0.102. The number of nitrogen functional groups attached to an aromatic ring is 1. The summed E-state index contributed by atoms with van der Waals surface area (Å²) in [5, 5.41) is 11.2. The average molecular weight is 462 g/mol. The van der Waals surface area contributed by atoms with Crippen molar-refractivity contribution in [3.8, 4) is 0 Å². The largest absolute Gasteiger partial charge is 0.383 e. The van der Waals surface area contributed by atoms with Gasteiger partial charge in [-0.25, -0.2) is 9.18 Å². The molecule has 4 N–H and O–H groups in total. The number of aromatic amines is 1. The minimum Gasteiger partial charge on any atom is -0.383 e. The van der Waals surface area contributed by atoms with E-state index in [9.17, 15) is 18.8 Å². The molecular formula is C20H24FN7O3S. The standard InChI is InChI=1S/C20H24FN7O3S/c1-3-5-10-28-16(22)15(17(29)24-20(28)31)27(4-2)11-14-25-26-19(32-14)18(30)23-13-8-6-12(21)7-9-13/h6-9H,3-5,10-11,22H2,1-2H3,(H,23,30)(H,24,29,31). The topological polar surface area (TPSA) is 139 Å². The third-order valence-corrected chi connectivity index (χ3v) is 5.64. The highest BCUT2D eigenvalue weighted by Crippen LogP contribution is 2.21. The number of amides is 1. The molecule has 0 saturated carbocycles. The van der Waals surface area contributed by atoms with Crippen LogP contribution in [0.1, 0.15) is 41.5 Å². The Hall–Kier alpha value is -3.54. The van der Waals surface area contributed by atoms with Crippen LogP contribution < -0.4 is 27.2 Å². The monoisotopic (exact) mass is 461 g/mol. The molecule has 0 saturated heterocycles. The second kappa shape index (κ2) is 10.2. The van der Waals surface area contributed by atoms with Crippen LogP contribution in [-0.4, -0.2) is 32.2 Å². The van der Waals surface area contributed by atoms with Crippen LogP contribution in [0.2, 0.25) is 0 Å². The number of nitrogens with zero attached hydrogens (tertiary/aromatic N) is 4. The molecule has 0 radical (unpaired) electrons. The first-order valence-corrected chi connectivity index (χ1v) is 10.9. The second-order valence-corrected chi connectivity index (χ2v) is 8.04. The third kappa shape index (κ3) is 5.19. The van der Waals surface area contributed by atoms with E-state index >= 15 is 0 Å². The molecule has 2 heterocycles. The lowest BCUT2D eigenvalue weighted by atomic mass is 10.3. The summed E-state index contributed by atoms with van der Waals surface area (Å²) in [6.45, 7) is 4.82. The van der Waals surface area contributed by atoms with Gasteiger partial charge in [0.1, 0.15) is 22.3 Å². The van der Waals surface area contributed by atoms with Gasteiger partial charge in [0.2, 0.25) is 5.01 Å². The summed E-state index contributed by atoms with van der Waals surface area (Å²) in [5.74, 6) is -0.794. The van der Waals surface area contributed by atoms with Crippen LogP contribution in [0.25, 0.3) is 0 Å². The smallest absolute Gasteiger partial charge is 0.330 e. The normalized spacial score (nSPS) is 10.8. The van der Waals surface area contributed by atoms with Crippen LogP contribution in [0, 0.1) is 5.82 Å². The molecule has 12 heteroatoms. The summed E-state index contributed by atoms with van der Waals surface area (Å²) in [7, 11) is 0. The zero-order valence-corrected chi connectivity index (χ0v) is 18.5. The fourth-order valence-corrected chi connectivity index (χ4v) is 3.81. The fourth-order valence-electron chi connectivity index (χ4n) is 3.06. The van der Waals surface area contributed by atoms with E-state index in [1.54, 1.807) is 4.90 Å². The minimum absolute atomic E-state index is 0.0906. The van der Waals surface area contributed by atoms with Gasteiger partial charge in [0.15, 0.2) is 0 Å². The van der Waals surface area contributed by atoms with Gasteiger partial charge in [0.05, 0.1) is 6.54 Å². The Bertz CT molecular complexity index is 1200. The lowest BCUT2D eigenvalue weighted by Crippen LogP contribution is -2.38. The van der Waals surface area contributed by atoms with Crippen molar-refractivity contribution in [2.75, 3.05) is 22.5 Å². The summed E-state index contributed by atoms with van der Waals surface area (Å²) in [4.78, 5) is 41.1. The second-order valence-electron chi connectivity index (χ2n) is 6.97. The molecule has 0 atom stereocenters. The van der Waals surface area contributed by atoms with E-state index in [4.69, 9.17) is 5.73 Å². The van der Waals surface area contributed by atoms with Crippen molar-refractivity contribution in [3.05, 3.63) is 60.9 Å². The molecule has 0 unspecified atom stereocenters. The van der Waals surface area contributed by atoms with Crippen LogP contribution >= 0.6 is 11.3 Å². The number of unbranched alkanes of at least 4 members (excludes halogenated alkanes) is 1. The first-order chi connectivity index (χ1) is 15.3. The Balaban J connectivity index is 1.80. The van der Waals surface area contributed by atoms with E-state index < -0.39 is 23.0 Å². The molecule has 0 aliphatic rings. The van der Waals surface area contributed by atoms with Gasteiger partial charge in [-0.3, -0.25) is 19.1 Å². The van der Waals surface area contributed by atoms with Crippen LogP contribution in [0.3, 0.4) is 0 Å². The van der Waals surface area contributed by atoms with Crippen molar-refractivity contribution < 1.29 is 9.18 Å². The number of hydrogen-bond donors (Lipinski definition) is 3. The summed E-state index contributed by atoms with van der Waals surface area (Å²) in [6, 6.07) is 5.36. The summed E-state index contributed by atoms with van der Waals surface area (Å²) >= 11 is 1.06. The van der Waals surface area contributed by atoms with Crippen LogP contribution in [0.5, 0.6) is 0 Å². The maximum atomic E-state index is 13.0. The highest BCUT2D eigenvalue weighted by Gasteiger charge is 2.20. The number of aromatic nitrogens is 4. The van der Waals surface area contributed by atoms with Crippen LogP contribution in [0.15, 0.2) is 33.9 Å². The lowest BCUT2D eigenvalue weighted by Gasteiger charge is -2.23. The molecule has 0 fully saturated rings. The average Bonchev–Trinajstić information content (AvgIpc) is 3.23. The Kier molecular flexibility index (Phi) is 7.36. The number of carbonyl (C=O) groups is 1. The molecule has 170 valence electrons. The number of nitrogens with one attached hydrogen (secondary N) is 2. The number of anilines is 3. The number of halogens is 1. The Morgan fingerprint density at radius 2 is 1.97 bits per heavy atom. The first kappa shape index (κ1) is 23.1. The van der Waals surface area contributed by atoms with E-state index in [2.05, 4.69) is 20.5 Å². The van der Waals surface area contributed by atoms with Crippen molar-refractivity contribution in [3.63, 3.8) is 0 Å². The molecule has 2 aromatic heterocycles. The highest BCUT2D eigenvalue weighted by atomic mass is 32.1. The van der Waals surface area contributed by atoms with Gasteiger partial charge >= 0.3 is 5.69 Å². The van der Waals surface area contributed by atoms with Gasteiger partial charge in [-0.2, -0.15) is 0 Å². The van der Waals surface area contributed by atoms with Crippen molar-refractivity contribution in [1.29, 1.82) is 0 Å². The third-order valence-electron chi connectivity index (χ3n) is 4.74. The van der Waals surface area contributed by atoms with Gasteiger partial charge in [0, 0.05) is 18.8 Å². The maximum Gasteiger partial charge on any atom is 0.330 e. The summed E-state index contributed by atoms with van der Waals surface area (Å²) < 4.78 is 14.4. The number of carbonyl (C=O) groups excluding carboxylic acids is 1. The Labute approximate surface area is 186 Å². The van der Waals surface area contributed by atoms with Gasteiger partial charge < -0.3 is 16.0 Å². The molecule has 0 bridgehead atoms. The molecule has 32 heavy (non-hydrogen) atoms. The zero-order chi connectivity index (χ0) is 23.3. The minimum atomic E-state index is -0.583. The predicted molar refractivity (Wildman–Crippen MR) is 122 cm³/mol. The first-order valence-electron chi connectivity index (χ1n) is 10.1. The molecular weight excluding hydrogens is 437 g/mol. The predicted octanol–water partition coefficient (Wildman–Crippen LogP) is 2.19. The van der Waals surface area contributed by atoms with Crippen molar-refractivity contribution in [1.82, 2.24) is 19.7 Å². The van der Waals surface area contributed by atoms with E-state index in [0.717, 1.165) is 24.2 Å². The zero-order valence-electron chi connectivity index (χ0n) is 17.7. The molecule has 0 spiro atoms. The molecule has 1 aromatic carbocycles. The Morgan fingerprint density at radius 3 is 2.62 bits per heavy atom. The van der Waals surface area contributed by atoms with E-state index in [1.807, 2.05) is 13.8 Å². The number of H-pyrrole nitrogens is 1. The molecule has 3 aromatic rings. The van der Waals surface area contributed by atoms with E-state index in [1.165, 1.54) is 28.8 Å². The molecule has 0 aliphatic heterocycles. The van der Waals surface area contributed by atoms with Gasteiger partial charge in [-0.15, -0.1) is 10.2 Å². The molecule has 1 amide bonds. The number of nitrogens with two attached hydrogens (primary N) is 1. The fraction of sp³-hybridized carbons (Fsp3) is 0.350. The van der Waals surface area contributed by atoms with E-state index in [0.29, 0.717) is 23.8 Å². The van der Waals surface area contributed by atoms with Gasteiger partial charge in [-0.05, 0) is 37.6 Å². The van der Waals surface area contributed by atoms with E-state index in [-0.39, 0.29) is 23.1 Å². The molecule has 10 nitrogen and oxygen atoms in total. The number of benzene rings is 1. The maximum absolute atomic E-state index is 13.0. The van der Waals surface area contributed by atoms with Crippen LogP contribution in [0.4, 0.5) is 21.6 Å². The van der Waals surface area contributed by atoms with Crippen molar-refractivity contribution >= 4 is 34.4 Å². The summed E-state index contributed by atoms with van der Waals surface area (Å²) in [6.07, 6.45) is 1.61. The molecule has 3 rings (SSSR count). The van der Waals surface area contributed by atoms with Crippen molar-refractivity contribution in [2.45, 2.75) is 39.8 Å².